The Hall–Kier alpha value is -3.58. The molecule has 3 heterocycles. The zero-order valence-corrected chi connectivity index (χ0v) is 19.2. The Kier molecular flexibility index (Phi) is 6.13. The number of carbonyl (C=O) groups excluding carboxylic acids is 1. The number of thiophene rings is 1. The quantitative estimate of drug-likeness (QED) is 0.350. The van der Waals surface area contributed by atoms with Gasteiger partial charge >= 0.3 is 0 Å². The Labute approximate surface area is 196 Å². The summed E-state index contributed by atoms with van der Waals surface area (Å²) in [5.74, 6) is 1.63. The number of aromatic nitrogens is 1. The number of anilines is 2. The molecule has 0 fully saturated rings. The van der Waals surface area contributed by atoms with Crippen molar-refractivity contribution in [3.05, 3.63) is 94.4 Å². The lowest BCUT2D eigenvalue weighted by molar-refractivity contribution is 0.0997. The lowest BCUT2D eigenvalue weighted by Crippen LogP contribution is -2.18. The minimum absolute atomic E-state index is 0.184. The highest BCUT2D eigenvalue weighted by Crippen LogP contribution is 2.44. The van der Waals surface area contributed by atoms with Crippen LogP contribution in [-0.4, -0.2) is 18.0 Å². The average molecular weight is 460 g/mol. The normalized spacial score (nSPS) is 13.7. The van der Waals surface area contributed by atoms with E-state index < -0.39 is 0 Å². The summed E-state index contributed by atoms with van der Waals surface area (Å²) in [5.41, 5.74) is 3.50. The van der Waals surface area contributed by atoms with Crippen molar-refractivity contribution in [2.75, 3.05) is 17.7 Å². The number of amides is 1. The third kappa shape index (κ3) is 4.50. The van der Waals surface area contributed by atoms with Gasteiger partial charge in [-0.2, -0.15) is 0 Å². The lowest BCUT2D eigenvalue weighted by Gasteiger charge is -2.24. The summed E-state index contributed by atoms with van der Waals surface area (Å²) >= 11 is 1.67. The molecular weight excluding hydrogens is 434 g/mol. The molecule has 0 spiro atoms. The van der Waals surface area contributed by atoms with Crippen LogP contribution in [0.2, 0.25) is 0 Å². The third-order valence-electron chi connectivity index (χ3n) is 5.88. The van der Waals surface area contributed by atoms with E-state index in [2.05, 4.69) is 27.8 Å². The second kappa shape index (κ2) is 9.50. The molecule has 1 atom stereocenters. The lowest BCUT2D eigenvalue weighted by atomic mass is 9.89. The van der Waals surface area contributed by atoms with Crippen molar-refractivity contribution in [1.29, 1.82) is 0 Å². The molecule has 33 heavy (non-hydrogen) atoms. The minimum Gasteiger partial charge on any atom is -0.497 e. The molecule has 0 radical (unpaired) electrons. The molecule has 0 unspecified atom stereocenters. The molecular formula is C26H25N3O3S. The second-order valence-corrected chi connectivity index (χ2v) is 9.06. The van der Waals surface area contributed by atoms with Crippen molar-refractivity contribution in [1.82, 2.24) is 4.98 Å². The molecule has 0 saturated heterocycles. The van der Waals surface area contributed by atoms with Crippen LogP contribution in [0, 0.1) is 0 Å². The number of nitrogens with zero attached hydrogens (tertiary/aromatic N) is 1. The van der Waals surface area contributed by atoms with Crippen LogP contribution in [0.1, 0.15) is 51.0 Å². The van der Waals surface area contributed by atoms with Crippen LogP contribution >= 0.6 is 11.3 Å². The predicted molar refractivity (Wildman–Crippen MR) is 130 cm³/mol. The zero-order valence-electron chi connectivity index (χ0n) is 18.3. The van der Waals surface area contributed by atoms with Crippen molar-refractivity contribution < 1.29 is 13.9 Å². The van der Waals surface area contributed by atoms with E-state index in [1.807, 2.05) is 30.3 Å². The molecule has 168 valence electrons. The van der Waals surface area contributed by atoms with E-state index in [-0.39, 0.29) is 11.9 Å². The first-order chi connectivity index (χ1) is 16.2. The zero-order chi connectivity index (χ0) is 22.6. The molecule has 4 aromatic rings. The maximum atomic E-state index is 12.9. The number of fused-ring (bicyclic) bond motifs is 1. The first-order valence-corrected chi connectivity index (χ1v) is 11.9. The third-order valence-corrected chi connectivity index (χ3v) is 7.10. The number of furan rings is 1. The highest BCUT2D eigenvalue weighted by atomic mass is 32.1. The minimum atomic E-state index is -0.244. The standard InChI is InChI=1S/C26H25N3O3S/c1-31-18-13-11-17(12-14-18)24(28-22-10-4-5-15-27-22)23-19-7-2-3-9-21(19)33-26(23)29-25(30)20-8-6-16-32-20/h4-6,8,10-16,24H,2-3,7,9H2,1H3,(H,27,28)(H,29,30)/t24-/m0/s1. The average Bonchev–Trinajstić information content (AvgIpc) is 3.52. The number of hydrogen-bond acceptors (Lipinski definition) is 6. The van der Waals surface area contributed by atoms with Crippen molar-refractivity contribution in [2.45, 2.75) is 31.7 Å². The van der Waals surface area contributed by atoms with Crippen LogP contribution in [0.4, 0.5) is 10.8 Å². The van der Waals surface area contributed by atoms with Gasteiger partial charge in [0.25, 0.3) is 5.91 Å². The Morgan fingerprint density at radius 3 is 2.67 bits per heavy atom. The number of rotatable bonds is 7. The van der Waals surface area contributed by atoms with Crippen molar-refractivity contribution in [3.8, 4) is 5.75 Å². The van der Waals surface area contributed by atoms with Gasteiger partial charge in [0.2, 0.25) is 0 Å². The number of hydrogen-bond donors (Lipinski definition) is 2. The van der Waals surface area contributed by atoms with Crippen LogP contribution in [0.5, 0.6) is 5.75 Å². The van der Waals surface area contributed by atoms with E-state index in [0.29, 0.717) is 5.76 Å². The number of benzene rings is 1. The van der Waals surface area contributed by atoms with E-state index in [4.69, 9.17) is 9.15 Å². The van der Waals surface area contributed by atoms with E-state index in [1.165, 1.54) is 23.1 Å². The van der Waals surface area contributed by atoms with Crippen molar-refractivity contribution >= 4 is 28.1 Å². The maximum absolute atomic E-state index is 12.9. The first-order valence-electron chi connectivity index (χ1n) is 11.0. The van der Waals surface area contributed by atoms with E-state index in [1.54, 1.807) is 36.8 Å². The Bertz CT molecular complexity index is 1220. The van der Waals surface area contributed by atoms with Crippen LogP contribution < -0.4 is 15.4 Å². The molecule has 1 aromatic carbocycles. The molecule has 3 aromatic heterocycles. The summed E-state index contributed by atoms with van der Waals surface area (Å²) in [6.07, 6.45) is 7.62. The number of ether oxygens (including phenoxy) is 1. The van der Waals surface area contributed by atoms with Crippen molar-refractivity contribution in [3.63, 3.8) is 0 Å². The van der Waals surface area contributed by atoms with Crippen LogP contribution in [0.3, 0.4) is 0 Å². The topological polar surface area (TPSA) is 76.4 Å². The summed E-state index contributed by atoms with van der Waals surface area (Å²) in [7, 11) is 1.66. The van der Waals surface area contributed by atoms with Gasteiger partial charge in [0.05, 0.1) is 19.4 Å². The number of nitrogens with one attached hydrogen (secondary N) is 2. The summed E-state index contributed by atoms with van der Waals surface area (Å²) < 4.78 is 10.7. The van der Waals surface area contributed by atoms with Crippen LogP contribution in [-0.2, 0) is 12.8 Å². The van der Waals surface area contributed by atoms with Gasteiger partial charge in [0.15, 0.2) is 5.76 Å². The van der Waals surface area contributed by atoms with Gasteiger partial charge in [-0.05, 0) is 73.2 Å². The van der Waals surface area contributed by atoms with Gasteiger partial charge in [-0.1, -0.05) is 18.2 Å². The van der Waals surface area contributed by atoms with Crippen molar-refractivity contribution in [2.24, 2.45) is 0 Å². The molecule has 7 heteroatoms. The fourth-order valence-electron chi connectivity index (χ4n) is 4.28. The summed E-state index contributed by atoms with van der Waals surface area (Å²) in [6, 6.07) is 17.1. The van der Waals surface area contributed by atoms with E-state index in [9.17, 15) is 4.79 Å². The van der Waals surface area contributed by atoms with E-state index in [0.717, 1.165) is 47.0 Å². The van der Waals surface area contributed by atoms with Gasteiger partial charge in [-0.3, -0.25) is 4.79 Å². The molecule has 2 N–H and O–H groups in total. The smallest absolute Gasteiger partial charge is 0.291 e. The first kappa shape index (κ1) is 21.3. The number of aryl methyl sites for hydroxylation is 1. The second-order valence-electron chi connectivity index (χ2n) is 7.95. The predicted octanol–water partition coefficient (Wildman–Crippen LogP) is 6.08. The monoisotopic (exact) mass is 459 g/mol. The van der Waals surface area contributed by atoms with Gasteiger partial charge in [-0.15, -0.1) is 11.3 Å². The van der Waals surface area contributed by atoms with Gasteiger partial charge in [0, 0.05) is 16.6 Å². The fraction of sp³-hybridized carbons (Fsp3) is 0.231. The molecule has 6 nitrogen and oxygen atoms in total. The fourth-order valence-corrected chi connectivity index (χ4v) is 5.60. The Balaban J connectivity index is 1.60. The number of carbonyl (C=O) groups is 1. The van der Waals surface area contributed by atoms with Gasteiger partial charge in [-0.25, -0.2) is 4.98 Å². The SMILES string of the molecule is COc1ccc([C@H](Nc2ccccn2)c2c(NC(=O)c3ccco3)sc3c2CCCC3)cc1. The van der Waals surface area contributed by atoms with E-state index >= 15 is 0 Å². The summed E-state index contributed by atoms with van der Waals surface area (Å²) in [5, 5.41) is 7.60. The van der Waals surface area contributed by atoms with Crippen LogP contribution in [0.15, 0.2) is 71.5 Å². The Morgan fingerprint density at radius 2 is 1.94 bits per heavy atom. The number of pyridine rings is 1. The Morgan fingerprint density at radius 1 is 1.09 bits per heavy atom. The van der Waals surface area contributed by atoms with Crippen LogP contribution in [0.25, 0.3) is 0 Å². The molecule has 0 bridgehead atoms. The summed E-state index contributed by atoms with van der Waals surface area (Å²) in [6.45, 7) is 0. The maximum Gasteiger partial charge on any atom is 0.291 e. The van der Waals surface area contributed by atoms with Gasteiger partial charge in [0.1, 0.15) is 16.6 Å². The molecule has 1 aliphatic rings. The number of methoxy groups -OCH3 is 1. The molecule has 1 aliphatic carbocycles. The molecule has 0 aliphatic heterocycles. The van der Waals surface area contributed by atoms with Gasteiger partial charge < -0.3 is 19.8 Å². The molecule has 0 saturated carbocycles. The molecule has 1 amide bonds. The highest BCUT2D eigenvalue weighted by Gasteiger charge is 2.29. The highest BCUT2D eigenvalue weighted by molar-refractivity contribution is 7.16. The molecule has 5 rings (SSSR count). The largest absolute Gasteiger partial charge is 0.497 e. The summed E-state index contributed by atoms with van der Waals surface area (Å²) in [4.78, 5) is 18.7.